The predicted molar refractivity (Wildman–Crippen MR) is 162 cm³/mol. The van der Waals surface area contributed by atoms with E-state index in [2.05, 4.69) is 10.2 Å². The van der Waals surface area contributed by atoms with Crippen LogP contribution in [0.1, 0.15) is 35.7 Å². The van der Waals surface area contributed by atoms with Crippen molar-refractivity contribution in [2.45, 2.75) is 37.1 Å². The Morgan fingerprint density at radius 3 is 2.34 bits per heavy atom. The third kappa shape index (κ3) is 6.91. The number of rotatable bonds is 9. The van der Waals surface area contributed by atoms with Crippen molar-refractivity contribution in [1.29, 1.82) is 0 Å². The van der Waals surface area contributed by atoms with Crippen molar-refractivity contribution < 1.29 is 27.5 Å². The highest BCUT2D eigenvalue weighted by Crippen LogP contribution is 2.33. The number of piperazine rings is 1. The lowest BCUT2D eigenvalue weighted by Crippen LogP contribution is -2.55. The SMILES string of the molecule is COc1ccccc1-n1c(SCCCC(=O)N2CCN(C(=O)c3ccc(C(F)(F)F)cc3)C(C)C2)nnc1-c1ccccc1. The summed E-state index contributed by atoms with van der Waals surface area (Å²) in [5.74, 6) is 1.66. The van der Waals surface area contributed by atoms with E-state index in [-0.39, 0.29) is 23.4 Å². The van der Waals surface area contributed by atoms with E-state index in [1.54, 1.807) is 16.9 Å². The second-order valence-electron chi connectivity index (χ2n) is 10.4. The topological polar surface area (TPSA) is 80.6 Å². The molecule has 3 aromatic carbocycles. The fourth-order valence-corrected chi connectivity index (χ4v) is 6.05. The van der Waals surface area contributed by atoms with Gasteiger partial charge in [0.25, 0.3) is 5.91 Å². The van der Waals surface area contributed by atoms with E-state index in [4.69, 9.17) is 4.74 Å². The minimum atomic E-state index is -4.46. The molecule has 1 fully saturated rings. The third-order valence-corrected chi connectivity index (χ3v) is 8.47. The molecule has 0 N–H and O–H groups in total. The number of nitrogens with zero attached hydrogens (tertiary/aromatic N) is 5. The number of carbonyl (C=O) groups excluding carboxylic acids is 2. The summed E-state index contributed by atoms with van der Waals surface area (Å²) in [5, 5.41) is 9.62. The molecule has 1 aliphatic rings. The van der Waals surface area contributed by atoms with Crippen molar-refractivity contribution in [2.75, 3.05) is 32.5 Å². The number of carbonyl (C=O) groups is 2. The first kappa shape index (κ1) is 31.1. The summed E-state index contributed by atoms with van der Waals surface area (Å²) in [7, 11) is 1.62. The molecule has 5 rings (SSSR count). The van der Waals surface area contributed by atoms with Gasteiger partial charge in [-0.05, 0) is 49.7 Å². The van der Waals surface area contributed by atoms with Gasteiger partial charge in [0.05, 0.1) is 18.4 Å². The van der Waals surface area contributed by atoms with Crippen molar-refractivity contribution in [3.8, 4) is 22.8 Å². The van der Waals surface area contributed by atoms with Gasteiger partial charge in [0.1, 0.15) is 5.75 Å². The van der Waals surface area contributed by atoms with E-state index in [9.17, 15) is 22.8 Å². The van der Waals surface area contributed by atoms with Crippen LogP contribution in [0.5, 0.6) is 5.75 Å². The van der Waals surface area contributed by atoms with E-state index in [0.717, 1.165) is 23.4 Å². The van der Waals surface area contributed by atoms with Crippen LogP contribution in [0.15, 0.2) is 84.0 Å². The summed E-state index contributed by atoms with van der Waals surface area (Å²) in [5.41, 5.74) is 1.12. The van der Waals surface area contributed by atoms with E-state index >= 15 is 0 Å². The standard InChI is InChI=1S/C32H32F3N5O3S/c1-22-21-38(18-19-39(22)30(42)24-14-16-25(17-15-24)32(33,34)35)28(41)13-8-20-44-31-37-36-29(23-9-4-3-5-10-23)40(31)26-11-6-7-12-27(26)43-2/h3-7,9-12,14-17,22H,8,13,18-21H2,1-2H3. The smallest absolute Gasteiger partial charge is 0.416 e. The molecule has 1 unspecified atom stereocenters. The maximum absolute atomic E-state index is 13.1. The lowest BCUT2D eigenvalue weighted by Gasteiger charge is -2.40. The van der Waals surface area contributed by atoms with Crippen molar-refractivity contribution >= 4 is 23.6 Å². The summed E-state index contributed by atoms with van der Waals surface area (Å²) in [4.78, 5) is 29.4. The largest absolute Gasteiger partial charge is 0.495 e. The molecule has 0 saturated carbocycles. The highest BCUT2D eigenvalue weighted by molar-refractivity contribution is 7.99. The summed E-state index contributed by atoms with van der Waals surface area (Å²) in [6, 6.07) is 21.4. The first-order valence-electron chi connectivity index (χ1n) is 14.2. The molecular formula is C32H32F3N5O3S. The zero-order valence-electron chi connectivity index (χ0n) is 24.3. The molecule has 4 aromatic rings. The first-order chi connectivity index (χ1) is 21.2. The minimum absolute atomic E-state index is 0.00440. The van der Waals surface area contributed by atoms with E-state index in [0.29, 0.717) is 55.0 Å². The Kier molecular flexibility index (Phi) is 9.58. The zero-order valence-corrected chi connectivity index (χ0v) is 25.1. The maximum atomic E-state index is 13.1. The number of methoxy groups -OCH3 is 1. The van der Waals surface area contributed by atoms with Gasteiger partial charge in [-0.2, -0.15) is 13.2 Å². The Labute approximate surface area is 257 Å². The molecule has 2 heterocycles. The number of halogens is 3. The van der Waals surface area contributed by atoms with Gasteiger partial charge in [0.15, 0.2) is 11.0 Å². The molecule has 44 heavy (non-hydrogen) atoms. The zero-order chi connectivity index (χ0) is 31.3. The Hall–Kier alpha value is -4.32. The third-order valence-electron chi connectivity index (χ3n) is 7.46. The van der Waals surface area contributed by atoms with Crippen LogP contribution in [0.25, 0.3) is 17.1 Å². The summed E-state index contributed by atoms with van der Waals surface area (Å²) in [6.45, 7) is 2.88. The average molecular weight is 624 g/mol. The second kappa shape index (κ2) is 13.5. The van der Waals surface area contributed by atoms with Gasteiger partial charge in [0, 0.05) is 49.0 Å². The van der Waals surface area contributed by atoms with Crippen molar-refractivity contribution in [3.63, 3.8) is 0 Å². The van der Waals surface area contributed by atoms with E-state index in [1.165, 1.54) is 23.9 Å². The van der Waals surface area contributed by atoms with Crippen molar-refractivity contribution in [2.24, 2.45) is 0 Å². The predicted octanol–water partition coefficient (Wildman–Crippen LogP) is 6.21. The minimum Gasteiger partial charge on any atom is -0.495 e. The fourth-order valence-electron chi connectivity index (χ4n) is 5.17. The van der Waals surface area contributed by atoms with Gasteiger partial charge in [-0.25, -0.2) is 0 Å². The molecule has 1 aliphatic heterocycles. The monoisotopic (exact) mass is 623 g/mol. The van der Waals surface area contributed by atoms with Crippen LogP contribution in [-0.4, -0.2) is 74.9 Å². The van der Waals surface area contributed by atoms with Crippen LogP contribution in [-0.2, 0) is 11.0 Å². The number of ether oxygens (including phenoxy) is 1. The normalized spacial score (nSPS) is 15.3. The van der Waals surface area contributed by atoms with Crippen molar-refractivity contribution in [1.82, 2.24) is 24.6 Å². The molecule has 2 amide bonds. The van der Waals surface area contributed by atoms with Crippen LogP contribution in [0.3, 0.4) is 0 Å². The molecule has 1 aromatic heterocycles. The Balaban J connectivity index is 1.17. The molecule has 1 saturated heterocycles. The molecule has 8 nitrogen and oxygen atoms in total. The summed E-state index contributed by atoms with van der Waals surface area (Å²) >= 11 is 1.51. The Bertz CT molecular complexity index is 1590. The van der Waals surface area contributed by atoms with Gasteiger partial charge < -0.3 is 14.5 Å². The molecule has 0 bridgehead atoms. The van der Waals surface area contributed by atoms with E-state index < -0.39 is 11.7 Å². The van der Waals surface area contributed by atoms with Gasteiger partial charge in [-0.1, -0.05) is 54.2 Å². The maximum Gasteiger partial charge on any atom is 0.416 e. The van der Waals surface area contributed by atoms with Crippen LogP contribution >= 0.6 is 11.8 Å². The fraction of sp³-hybridized carbons (Fsp3) is 0.312. The van der Waals surface area contributed by atoms with Gasteiger partial charge >= 0.3 is 6.18 Å². The average Bonchev–Trinajstić information content (AvgIpc) is 3.46. The molecule has 0 radical (unpaired) electrons. The summed E-state index contributed by atoms with van der Waals surface area (Å²) in [6.07, 6.45) is -3.51. The number of benzene rings is 3. The summed E-state index contributed by atoms with van der Waals surface area (Å²) < 4.78 is 46.2. The van der Waals surface area contributed by atoms with Gasteiger partial charge in [-0.15, -0.1) is 10.2 Å². The van der Waals surface area contributed by atoms with Crippen LogP contribution in [0.2, 0.25) is 0 Å². The number of alkyl halides is 3. The Morgan fingerprint density at radius 2 is 1.66 bits per heavy atom. The first-order valence-corrected chi connectivity index (χ1v) is 15.2. The number of thioether (sulfide) groups is 1. The van der Waals surface area contributed by atoms with Crippen LogP contribution < -0.4 is 4.74 Å². The Morgan fingerprint density at radius 1 is 0.955 bits per heavy atom. The molecule has 0 aliphatic carbocycles. The molecule has 1 atom stereocenters. The number of amides is 2. The number of hydrogen-bond acceptors (Lipinski definition) is 6. The van der Waals surface area contributed by atoms with Gasteiger partial charge in [-0.3, -0.25) is 14.2 Å². The highest BCUT2D eigenvalue weighted by Gasteiger charge is 2.32. The molecule has 0 spiro atoms. The second-order valence-corrected chi connectivity index (χ2v) is 11.5. The number of para-hydroxylation sites is 2. The lowest BCUT2D eigenvalue weighted by atomic mass is 10.1. The molecule has 230 valence electrons. The van der Waals surface area contributed by atoms with Crippen LogP contribution in [0.4, 0.5) is 13.2 Å². The van der Waals surface area contributed by atoms with E-state index in [1.807, 2.05) is 66.1 Å². The highest BCUT2D eigenvalue weighted by atomic mass is 32.2. The molecule has 12 heteroatoms. The van der Waals surface area contributed by atoms with Crippen LogP contribution in [0, 0.1) is 0 Å². The molecular weight excluding hydrogens is 591 g/mol. The number of hydrogen-bond donors (Lipinski definition) is 0. The van der Waals surface area contributed by atoms with Gasteiger partial charge in [0.2, 0.25) is 5.91 Å². The lowest BCUT2D eigenvalue weighted by molar-refractivity contribution is -0.137. The van der Waals surface area contributed by atoms with Crippen molar-refractivity contribution in [3.05, 3.63) is 90.0 Å². The number of aromatic nitrogens is 3. The quantitative estimate of drug-likeness (QED) is 0.163.